The molecular formula is C22H23ClF3NO3. The molecule has 3 rings (SSSR count). The molecule has 0 bridgehead atoms. The van der Waals surface area contributed by atoms with E-state index in [4.69, 9.17) is 21.1 Å². The summed E-state index contributed by atoms with van der Waals surface area (Å²) in [6, 6.07) is 12.0. The second-order valence-corrected chi connectivity index (χ2v) is 7.74. The van der Waals surface area contributed by atoms with Gasteiger partial charge in [-0.05, 0) is 42.7 Å². The van der Waals surface area contributed by atoms with Crippen LogP contribution in [0.2, 0.25) is 5.02 Å². The molecule has 162 valence electrons. The molecule has 30 heavy (non-hydrogen) atoms. The fourth-order valence-electron chi connectivity index (χ4n) is 3.66. The molecule has 0 atom stereocenters. The third kappa shape index (κ3) is 5.08. The van der Waals surface area contributed by atoms with Crippen LogP contribution in [-0.4, -0.2) is 44.2 Å². The van der Waals surface area contributed by atoms with Gasteiger partial charge in [0.15, 0.2) is 0 Å². The standard InChI is InChI=1S/C22H23ClF3NO3/c1-27(10-13-30-19-7-3-6-18(23)15-19)20(28)21(8-11-29-12-9-21)16-4-2-5-17(14-16)22(24,25)26/h2-7,14-15H,8-13H2,1H3. The van der Waals surface area contributed by atoms with Crippen LogP contribution in [-0.2, 0) is 21.1 Å². The molecule has 1 aliphatic heterocycles. The molecule has 1 amide bonds. The second kappa shape index (κ2) is 9.27. The van der Waals surface area contributed by atoms with Crippen molar-refractivity contribution in [3.8, 4) is 5.75 Å². The Labute approximate surface area is 178 Å². The molecule has 1 heterocycles. The lowest BCUT2D eigenvalue weighted by atomic mass is 9.72. The predicted octanol–water partition coefficient (Wildman–Crippen LogP) is 4.94. The molecule has 1 fully saturated rings. The minimum atomic E-state index is -4.47. The Kier molecular flexibility index (Phi) is 6.93. The average Bonchev–Trinajstić information content (AvgIpc) is 2.73. The van der Waals surface area contributed by atoms with Crippen molar-refractivity contribution in [2.45, 2.75) is 24.4 Å². The monoisotopic (exact) mass is 441 g/mol. The summed E-state index contributed by atoms with van der Waals surface area (Å²) >= 11 is 5.93. The first-order valence-electron chi connectivity index (χ1n) is 9.62. The Morgan fingerprint density at radius 3 is 2.53 bits per heavy atom. The van der Waals surface area contributed by atoms with Crippen molar-refractivity contribution >= 4 is 17.5 Å². The van der Waals surface area contributed by atoms with Gasteiger partial charge in [0.05, 0.1) is 17.5 Å². The van der Waals surface area contributed by atoms with Gasteiger partial charge >= 0.3 is 6.18 Å². The van der Waals surface area contributed by atoms with E-state index in [-0.39, 0.29) is 19.1 Å². The van der Waals surface area contributed by atoms with Crippen LogP contribution in [0.15, 0.2) is 48.5 Å². The molecule has 0 saturated carbocycles. The number of ether oxygens (including phenoxy) is 2. The Morgan fingerprint density at radius 2 is 1.87 bits per heavy atom. The molecule has 4 nitrogen and oxygen atoms in total. The van der Waals surface area contributed by atoms with Gasteiger partial charge in [-0.3, -0.25) is 4.79 Å². The van der Waals surface area contributed by atoms with E-state index in [0.29, 0.717) is 42.4 Å². The van der Waals surface area contributed by atoms with Crippen molar-refractivity contribution in [2.75, 3.05) is 33.4 Å². The van der Waals surface area contributed by atoms with E-state index < -0.39 is 17.2 Å². The average molecular weight is 442 g/mol. The number of hydrogen-bond donors (Lipinski definition) is 0. The van der Waals surface area contributed by atoms with Gasteiger partial charge in [0.1, 0.15) is 12.4 Å². The molecule has 8 heteroatoms. The van der Waals surface area contributed by atoms with Crippen molar-refractivity contribution in [1.29, 1.82) is 0 Å². The normalized spacial score (nSPS) is 16.2. The highest BCUT2D eigenvalue weighted by Crippen LogP contribution is 2.39. The van der Waals surface area contributed by atoms with Crippen molar-refractivity contribution < 1.29 is 27.4 Å². The quantitative estimate of drug-likeness (QED) is 0.637. The maximum Gasteiger partial charge on any atom is 0.416 e. The summed E-state index contributed by atoms with van der Waals surface area (Å²) in [6.45, 7) is 1.15. The SMILES string of the molecule is CN(CCOc1cccc(Cl)c1)C(=O)C1(c2cccc(C(F)(F)F)c2)CCOCC1. The number of carbonyl (C=O) groups is 1. The third-order valence-corrected chi connectivity index (χ3v) is 5.57. The van der Waals surface area contributed by atoms with Gasteiger partial charge in [-0.1, -0.05) is 35.9 Å². The summed E-state index contributed by atoms with van der Waals surface area (Å²) in [7, 11) is 1.63. The van der Waals surface area contributed by atoms with E-state index in [0.717, 1.165) is 12.1 Å². The predicted molar refractivity (Wildman–Crippen MR) is 108 cm³/mol. The fourth-order valence-corrected chi connectivity index (χ4v) is 3.84. The topological polar surface area (TPSA) is 38.8 Å². The minimum Gasteiger partial charge on any atom is -0.492 e. The zero-order valence-electron chi connectivity index (χ0n) is 16.5. The first-order valence-corrected chi connectivity index (χ1v) is 10.00. The van der Waals surface area contributed by atoms with E-state index in [9.17, 15) is 18.0 Å². The highest BCUT2D eigenvalue weighted by atomic mass is 35.5. The molecule has 1 saturated heterocycles. The maximum absolute atomic E-state index is 13.4. The van der Waals surface area contributed by atoms with Gasteiger partial charge in [0.25, 0.3) is 0 Å². The largest absolute Gasteiger partial charge is 0.492 e. The Morgan fingerprint density at radius 1 is 1.17 bits per heavy atom. The van der Waals surface area contributed by atoms with E-state index >= 15 is 0 Å². The van der Waals surface area contributed by atoms with Crippen LogP contribution in [0.5, 0.6) is 5.75 Å². The van der Waals surface area contributed by atoms with Gasteiger partial charge in [-0.25, -0.2) is 0 Å². The molecule has 0 aromatic heterocycles. The number of alkyl halides is 3. The number of nitrogens with zero attached hydrogens (tertiary/aromatic N) is 1. The van der Waals surface area contributed by atoms with Crippen molar-refractivity contribution in [3.05, 3.63) is 64.7 Å². The van der Waals surface area contributed by atoms with E-state index in [1.54, 1.807) is 37.4 Å². The summed E-state index contributed by atoms with van der Waals surface area (Å²) in [5.41, 5.74) is -1.44. The van der Waals surface area contributed by atoms with Crippen LogP contribution >= 0.6 is 11.6 Å². The summed E-state index contributed by atoms with van der Waals surface area (Å²) in [4.78, 5) is 14.9. The highest BCUT2D eigenvalue weighted by Gasteiger charge is 2.44. The molecule has 0 spiro atoms. The molecule has 2 aromatic carbocycles. The van der Waals surface area contributed by atoms with Crippen molar-refractivity contribution in [2.24, 2.45) is 0 Å². The molecule has 0 unspecified atom stereocenters. The van der Waals surface area contributed by atoms with Crippen LogP contribution in [0.3, 0.4) is 0 Å². The van der Waals surface area contributed by atoms with Crippen molar-refractivity contribution in [1.82, 2.24) is 4.90 Å². The second-order valence-electron chi connectivity index (χ2n) is 7.31. The lowest BCUT2D eigenvalue weighted by Crippen LogP contribution is -2.49. The Hall–Kier alpha value is -2.25. The Balaban J connectivity index is 1.76. The summed E-state index contributed by atoms with van der Waals surface area (Å²) < 4.78 is 50.7. The summed E-state index contributed by atoms with van der Waals surface area (Å²) in [5.74, 6) is 0.349. The van der Waals surface area contributed by atoms with Gasteiger partial charge in [-0.15, -0.1) is 0 Å². The first kappa shape index (κ1) is 22.4. The zero-order valence-corrected chi connectivity index (χ0v) is 17.3. The van der Waals surface area contributed by atoms with Crippen LogP contribution in [0.1, 0.15) is 24.0 Å². The third-order valence-electron chi connectivity index (χ3n) is 5.34. The van der Waals surface area contributed by atoms with Crippen LogP contribution in [0, 0.1) is 0 Å². The Bertz CT molecular complexity index is 882. The fraction of sp³-hybridized carbons (Fsp3) is 0.409. The number of amides is 1. The summed E-state index contributed by atoms with van der Waals surface area (Å²) in [5, 5.41) is 0.544. The van der Waals surface area contributed by atoms with Crippen LogP contribution in [0.4, 0.5) is 13.2 Å². The number of rotatable bonds is 6. The lowest BCUT2D eigenvalue weighted by molar-refractivity contribution is -0.141. The van der Waals surface area contributed by atoms with Gasteiger partial charge in [-0.2, -0.15) is 13.2 Å². The number of hydrogen-bond acceptors (Lipinski definition) is 3. The molecule has 2 aromatic rings. The van der Waals surface area contributed by atoms with Crippen LogP contribution in [0.25, 0.3) is 0 Å². The van der Waals surface area contributed by atoms with Gasteiger partial charge < -0.3 is 14.4 Å². The molecular weight excluding hydrogens is 419 g/mol. The molecule has 0 N–H and O–H groups in total. The molecule has 0 aliphatic carbocycles. The minimum absolute atomic E-state index is 0.234. The number of carbonyl (C=O) groups excluding carboxylic acids is 1. The highest BCUT2D eigenvalue weighted by molar-refractivity contribution is 6.30. The van der Waals surface area contributed by atoms with Gasteiger partial charge in [0, 0.05) is 25.3 Å². The van der Waals surface area contributed by atoms with Crippen LogP contribution < -0.4 is 4.74 Å². The van der Waals surface area contributed by atoms with E-state index in [1.807, 2.05) is 0 Å². The van der Waals surface area contributed by atoms with E-state index in [1.165, 1.54) is 11.0 Å². The first-order chi connectivity index (χ1) is 14.2. The maximum atomic E-state index is 13.4. The lowest BCUT2D eigenvalue weighted by Gasteiger charge is -2.39. The number of benzene rings is 2. The zero-order chi connectivity index (χ0) is 21.8. The summed E-state index contributed by atoms with van der Waals surface area (Å²) in [6.07, 6.45) is -3.82. The number of likely N-dealkylation sites (N-methyl/N-ethyl adjacent to an activating group) is 1. The van der Waals surface area contributed by atoms with Gasteiger partial charge in [0.2, 0.25) is 5.91 Å². The molecule has 0 radical (unpaired) electrons. The van der Waals surface area contributed by atoms with E-state index in [2.05, 4.69) is 0 Å². The number of halogens is 4. The van der Waals surface area contributed by atoms with Crippen molar-refractivity contribution in [3.63, 3.8) is 0 Å². The molecule has 1 aliphatic rings. The smallest absolute Gasteiger partial charge is 0.416 e.